The number of thioether (sulfide) groups is 1. The first-order valence-electron chi connectivity index (χ1n) is 8.74. The molecule has 0 aliphatic heterocycles. The molecule has 0 spiro atoms. The fourth-order valence-corrected chi connectivity index (χ4v) is 3.93. The number of rotatable bonds is 5. The largest absolute Gasteiger partial charge is 0.463 e. The number of hydrogen-bond acceptors (Lipinski definition) is 6. The predicted octanol–water partition coefficient (Wildman–Crippen LogP) is 4.34. The zero-order valence-corrected chi connectivity index (χ0v) is 16.4. The van der Waals surface area contributed by atoms with Crippen molar-refractivity contribution < 1.29 is 22.7 Å². The number of aromatic nitrogens is 2. The summed E-state index contributed by atoms with van der Waals surface area (Å²) in [6.45, 7) is 0. The minimum absolute atomic E-state index is 0.0349. The van der Waals surface area contributed by atoms with E-state index in [2.05, 4.69) is 9.72 Å². The molecule has 2 heterocycles. The maximum absolute atomic E-state index is 14.5. The van der Waals surface area contributed by atoms with Crippen molar-refractivity contribution >= 4 is 28.6 Å². The highest BCUT2D eigenvalue weighted by Crippen LogP contribution is 2.27. The smallest absolute Gasteiger partial charge is 0.374 e. The van der Waals surface area contributed by atoms with E-state index in [-0.39, 0.29) is 22.4 Å². The summed E-state index contributed by atoms with van der Waals surface area (Å²) in [4.78, 5) is 29.4. The first kappa shape index (κ1) is 19.8. The molecule has 2 aromatic carbocycles. The molecule has 0 N–H and O–H groups in total. The van der Waals surface area contributed by atoms with Gasteiger partial charge in [0.1, 0.15) is 11.6 Å². The van der Waals surface area contributed by atoms with Crippen LogP contribution in [0.3, 0.4) is 0 Å². The second kappa shape index (κ2) is 8.11. The van der Waals surface area contributed by atoms with Gasteiger partial charge in [-0.2, -0.15) is 0 Å². The van der Waals surface area contributed by atoms with Crippen LogP contribution >= 0.6 is 11.8 Å². The number of benzene rings is 2. The standard InChI is InChI=1S/C21H14F2N2O4S/c1-28-20(27)18-12(8-9-29-18)11-30-21-24-16-5-3-2-4-14(16)19(26)25(21)17-7-6-13(22)10-15(17)23/h2-10H,11H2,1H3. The lowest BCUT2D eigenvalue weighted by Gasteiger charge is -2.14. The molecule has 9 heteroatoms. The Morgan fingerprint density at radius 2 is 2.00 bits per heavy atom. The van der Waals surface area contributed by atoms with E-state index in [0.29, 0.717) is 22.5 Å². The van der Waals surface area contributed by atoms with Crippen LogP contribution in [0.4, 0.5) is 8.78 Å². The van der Waals surface area contributed by atoms with E-state index in [1.165, 1.54) is 19.4 Å². The zero-order chi connectivity index (χ0) is 21.3. The molecule has 0 fully saturated rings. The molecule has 2 aromatic heterocycles. The minimum atomic E-state index is -0.894. The lowest BCUT2D eigenvalue weighted by molar-refractivity contribution is 0.0564. The van der Waals surface area contributed by atoms with Crippen molar-refractivity contribution in [3.05, 3.63) is 88.1 Å². The van der Waals surface area contributed by atoms with Gasteiger partial charge in [0.05, 0.1) is 30.0 Å². The second-order valence-electron chi connectivity index (χ2n) is 6.20. The Morgan fingerprint density at radius 3 is 2.77 bits per heavy atom. The van der Waals surface area contributed by atoms with Crippen molar-refractivity contribution in [3.63, 3.8) is 0 Å². The number of methoxy groups -OCH3 is 1. The van der Waals surface area contributed by atoms with Crippen LogP contribution in [0.25, 0.3) is 16.6 Å². The Hall–Kier alpha value is -3.46. The van der Waals surface area contributed by atoms with Crippen molar-refractivity contribution in [1.82, 2.24) is 9.55 Å². The third-order valence-electron chi connectivity index (χ3n) is 4.37. The molecule has 30 heavy (non-hydrogen) atoms. The van der Waals surface area contributed by atoms with Crippen molar-refractivity contribution in [3.8, 4) is 5.69 Å². The third-order valence-corrected chi connectivity index (χ3v) is 5.36. The third kappa shape index (κ3) is 3.59. The van der Waals surface area contributed by atoms with Crippen LogP contribution in [0, 0.1) is 11.6 Å². The Balaban J connectivity index is 1.83. The van der Waals surface area contributed by atoms with Gasteiger partial charge in [0, 0.05) is 17.4 Å². The summed E-state index contributed by atoms with van der Waals surface area (Å²) in [6, 6.07) is 11.2. The van der Waals surface area contributed by atoms with E-state index in [4.69, 9.17) is 4.42 Å². The molecule has 0 radical (unpaired) electrons. The highest BCUT2D eigenvalue weighted by Gasteiger charge is 2.20. The topological polar surface area (TPSA) is 74.3 Å². The normalized spacial score (nSPS) is 11.0. The molecule has 152 valence electrons. The van der Waals surface area contributed by atoms with E-state index in [1.807, 2.05) is 0 Å². The van der Waals surface area contributed by atoms with Gasteiger partial charge in [-0.3, -0.25) is 9.36 Å². The maximum Gasteiger partial charge on any atom is 0.374 e. The number of hydrogen-bond donors (Lipinski definition) is 0. The lowest BCUT2D eigenvalue weighted by Crippen LogP contribution is -2.22. The number of nitrogens with zero attached hydrogens (tertiary/aromatic N) is 2. The number of halogens is 2. The number of carbonyl (C=O) groups is 1. The van der Waals surface area contributed by atoms with Crippen molar-refractivity contribution in [2.75, 3.05) is 7.11 Å². The summed E-state index contributed by atoms with van der Waals surface area (Å²) in [7, 11) is 1.24. The van der Waals surface area contributed by atoms with Crippen LogP contribution in [0.1, 0.15) is 16.1 Å². The summed E-state index contributed by atoms with van der Waals surface area (Å²) in [5, 5.41) is 0.477. The molecule has 4 aromatic rings. The molecule has 0 unspecified atom stereocenters. The summed E-state index contributed by atoms with van der Waals surface area (Å²) in [5.74, 6) is -2.05. The summed E-state index contributed by atoms with van der Waals surface area (Å²) >= 11 is 1.11. The fourth-order valence-electron chi connectivity index (χ4n) is 2.95. The summed E-state index contributed by atoms with van der Waals surface area (Å²) in [5.41, 5.74) is 0.348. The van der Waals surface area contributed by atoms with Gasteiger partial charge in [-0.1, -0.05) is 23.9 Å². The SMILES string of the molecule is COC(=O)c1occc1CSc1nc2ccccc2c(=O)n1-c1ccc(F)cc1F. The Bertz CT molecular complexity index is 1320. The van der Waals surface area contributed by atoms with E-state index >= 15 is 0 Å². The Kier molecular flexibility index (Phi) is 5.37. The number of fused-ring (bicyclic) bond motifs is 1. The maximum atomic E-state index is 14.5. The van der Waals surface area contributed by atoms with E-state index in [9.17, 15) is 18.4 Å². The molecule has 0 amide bonds. The van der Waals surface area contributed by atoms with Crippen molar-refractivity contribution in [2.24, 2.45) is 0 Å². The molecule has 0 aliphatic carbocycles. The monoisotopic (exact) mass is 428 g/mol. The van der Waals surface area contributed by atoms with Crippen LogP contribution in [0.2, 0.25) is 0 Å². The Morgan fingerprint density at radius 1 is 1.20 bits per heavy atom. The molecule has 0 saturated carbocycles. The number of carbonyl (C=O) groups excluding carboxylic acids is 1. The first-order valence-corrected chi connectivity index (χ1v) is 9.73. The molecular weight excluding hydrogens is 414 g/mol. The molecule has 6 nitrogen and oxygen atoms in total. The van der Waals surface area contributed by atoms with E-state index < -0.39 is 23.2 Å². The molecular formula is C21H14F2N2O4S. The van der Waals surface area contributed by atoms with Crippen molar-refractivity contribution in [1.29, 1.82) is 0 Å². The van der Waals surface area contributed by atoms with Gasteiger partial charge < -0.3 is 9.15 Å². The van der Waals surface area contributed by atoms with Gasteiger partial charge in [0.25, 0.3) is 5.56 Å². The van der Waals surface area contributed by atoms with Crippen LogP contribution in [0.15, 0.2) is 69.2 Å². The van der Waals surface area contributed by atoms with E-state index in [0.717, 1.165) is 22.4 Å². The minimum Gasteiger partial charge on any atom is -0.463 e. The molecule has 4 rings (SSSR count). The quantitative estimate of drug-likeness (QED) is 0.268. The average Bonchev–Trinajstić information content (AvgIpc) is 3.21. The molecule has 0 atom stereocenters. The molecule has 0 saturated heterocycles. The van der Waals surface area contributed by atoms with Crippen LogP contribution < -0.4 is 5.56 Å². The fraction of sp³-hybridized carbons (Fsp3) is 0.0952. The number of ether oxygens (including phenoxy) is 1. The van der Waals surface area contributed by atoms with Crippen LogP contribution in [0.5, 0.6) is 0 Å². The second-order valence-corrected chi connectivity index (χ2v) is 7.15. The number of esters is 1. The van der Waals surface area contributed by atoms with Crippen molar-refractivity contribution in [2.45, 2.75) is 10.9 Å². The highest BCUT2D eigenvalue weighted by atomic mass is 32.2. The van der Waals surface area contributed by atoms with Gasteiger partial charge in [-0.05, 0) is 30.3 Å². The lowest BCUT2D eigenvalue weighted by atomic mass is 10.2. The first-order chi connectivity index (χ1) is 14.5. The number of para-hydroxylation sites is 1. The van der Waals surface area contributed by atoms with E-state index in [1.54, 1.807) is 30.3 Å². The van der Waals surface area contributed by atoms with Gasteiger partial charge in [-0.15, -0.1) is 0 Å². The number of furan rings is 1. The van der Waals surface area contributed by atoms with Gasteiger partial charge in [0.2, 0.25) is 5.76 Å². The van der Waals surface area contributed by atoms with Crippen LogP contribution in [-0.2, 0) is 10.5 Å². The summed E-state index contributed by atoms with van der Waals surface area (Å²) in [6.07, 6.45) is 1.35. The van der Waals surface area contributed by atoms with Gasteiger partial charge in [-0.25, -0.2) is 18.6 Å². The molecule has 0 bridgehead atoms. The zero-order valence-electron chi connectivity index (χ0n) is 15.6. The predicted molar refractivity (Wildman–Crippen MR) is 107 cm³/mol. The van der Waals surface area contributed by atoms with Gasteiger partial charge >= 0.3 is 5.97 Å². The van der Waals surface area contributed by atoms with Crippen LogP contribution in [-0.4, -0.2) is 22.6 Å². The summed E-state index contributed by atoms with van der Waals surface area (Å²) < 4.78 is 38.9. The highest BCUT2D eigenvalue weighted by molar-refractivity contribution is 7.98. The average molecular weight is 428 g/mol. The molecule has 0 aliphatic rings. The van der Waals surface area contributed by atoms with Gasteiger partial charge in [0.15, 0.2) is 5.16 Å². The Labute approximate surface area is 173 Å².